The van der Waals surface area contributed by atoms with Crippen LogP contribution in [0, 0.1) is 12.8 Å². The molecule has 5 nitrogen and oxygen atoms in total. The van der Waals surface area contributed by atoms with Gasteiger partial charge in [-0.1, -0.05) is 13.8 Å². The lowest BCUT2D eigenvalue weighted by atomic mass is 10.2. The molecule has 0 radical (unpaired) electrons. The summed E-state index contributed by atoms with van der Waals surface area (Å²) in [5.41, 5.74) is 0.730. The van der Waals surface area contributed by atoms with Crippen LogP contribution in [0.4, 0.5) is 0 Å². The minimum absolute atomic E-state index is 0.222. The summed E-state index contributed by atoms with van der Waals surface area (Å²) in [5, 5.41) is 11.2. The van der Waals surface area contributed by atoms with Gasteiger partial charge in [0, 0.05) is 32.7 Å². The van der Waals surface area contributed by atoms with Crippen molar-refractivity contribution < 1.29 is 13.5 Å². The first-order valence-electron chi connectivity index (χ1n) is 7.26. The Morgan fingerprint density at radius 1 is 1.29 bits per heavy atom. The van der Waals surface area contributed by atoms with E-state index in [2.05, 4.69) is 18.7 Å². The Labute approximate surface area is 131 Å². The van der Waals surface area contributed by atoms with Gasteiger partial charge < -0.3 is 10.0 Å². The molecule has 1 saturated heterocycles. The predicted molar refractivity (Wildman–Crippen MR) is 85.0 cm³/mol. The largest absolute Gasteiger partial charge is 0.391 e. The molecule has 120 valence electrons. The van der Waals surface area contributed by atoms with E-state index in [0.29, 0.717) is 28.8 Å². The first-order chi connectivity index (χ1) is 9.86. The lowest BCUT2D eigenvalue weighted by Gasteiger charge is -2.34. The van der Waals surface area contributed by atoms with Gasteiger partial charge in [-0.25, -0.2) is 8.42 Å². The summed E-state index contributed by atoms with van der Waals surface area (Å²) >= 11 is 1.31. The maximum absolute atomic E-state index is 12.8. The van der Waals surface area contributed by atoms with Gasteiger partial charge in [-0.15, -0.1) is 11.3 Å². The van der Waals surface area contributed by atoms with Crippen LogP contribution in [0.25, 0.3) is 0 Å². The normalized spacial score (nSPS) is 18.5. The van der Waals surface area contributed by atoms with Crippen LogP contribution in [0.3, 0.4) is 0 Å². The Hall–Kier alpha value is -0.470. The Morgan fingerprint density at radius 3 is 2.43 bits per heavy atom. The van der Waals surface area contributed by atoms with Gasteiger partial charge >= 0.3 is 0 Å². The predicted octanol–water partition coefficient (Wildman–Crippen LogP) is 1.51. The SMILES string of the molecule is Cc1csc(CO)c1S(=O)(=O)N1CCN(CC(C)C)CC1. The quantitative estimate of drug-likeness (QED) is 0.888. The molecular weight excluding hydrogens is 308 g/mol. The number of thiophene rings is 1. The molecule has 21 heavy (non-hydrogen) atoms. The molecule has 0 amide bonds. The Kier molecular flexibility index (Phi) is 5.43. The second-order valence-corrected chi connectivity index (χ2v) is 8.77. The van der Waals surface area contributed by atoms with E-state index in [1.165, 1.54) is 11.3 Å². The van der Waals surface area contributed by atoms with Crippen LogP contribution in [0.15, 0.2) is 10.3 Å². The average molecular weight is 332 g/mol. The van der Waals surface area contributed by atoms with Crippen molar-refractivity contribution in [3.63, 3.8) is 0 Å². The number of sulfonamides is 1. The highest BCUT2D eigenvalue weighted by atomic mass is 32.2. The molecule has 1 fully saturated rings. The summed E-state index contributed by atoms with van der Waals surface area (Å²) in [6.07, 6.45) is 0. The van der Waals surface area contributed by atoms with Gasteiger partial charge in [0.05, 0.1) is 11.5 Å². The van der Waals surface area contributed by atoms with E-state index in [9.17, 15) is 13.5 Å². The van der Waals surface area contributed by atoms with Gasteiger partial charge in [-0.3, -0.25) is 0 Å². The zero-order valence-corrected chi connectivity index (χ0v) is 14.5. The average Bonchev–Trinajstić information content (AvgIpc) is 2.80. The van der Waals surface area contributed by atoms with E-state index in [1.807, 2.05) is 0 Å². The molecule has 1 aliphatic heterocycles. The molecule has 0 saturated carbocycles. The standard InChI is InChI=1S/C14H24N2O3S2/c1-11(2)8-15-4-6-16(7-5-15)21(18,19)14-12(3)10-20-13(14)9-17/h10-11,17H,4-9H2,1-3H3. The van der Waals surface area contributed by atoms with Gasteiger partial charge in [0.15, 0.2) is 0 Å². The van der Waals surface area contributed by atoms with Gasteiger partial charge in [0.2, 0.25) is 10.0 Å². The highest BCUT2D eigenvalue weighted by Gasteiger charge is 2.32. The fourth-order valence-electron chi connectivity index (χ4n) is 2.74. The third kappa shape index (κ3) is 3.65. The van der Waals surface area contributed by atoms with Crippen molar-refractivity contribution in [1.82, 2.24) is 9.21 Å². The molecule has 1 N–H and O–H groups in total. The van der Waals surface area contributed by atoms with Crippen LogP contribution in [-0.4, -0.2) is 55.5 Å². The second-order valence-electron chi connectivity index (χ2n) is 5.93. The smallest absolute Gasteiger partial charge is 0.244 e. The summed E-state index contributed by atoms with van der Waals surface area (Å²) < 4.78 is 27.1. The molecule has 1 aromatic heterocycles. The van der Waals surface area contributed by atoms with Crippen molar-refractivity contribution in [2.24, 2.45) is 5.92 Å². The monoisotopic (exact) mass is 332 g/mol. The summed E-state index contributed by atoms with van der Waals surface area (Å²) in [4.78, 5) is 3.16. The van der Waals surface area contributed by atoms with E-state index in [0.717, 1.165) is 25.2 Å². The first-order valence-corrected chi connectivity index (χ1v) is 9.58. The maximum atomic E-state index is 12.8. The summed E-state index contributed by atoms with van der Waals surface area (Å²) in [6.45, 7) is 9.51. The summed E-state index contributed by atoms with van der Waals surface area (Å²) in [6, 6.07) is 0. The zero-order chi connectivity index (χ0) is 15.6. The minimum atomic E-state index is -3.49. The Balaban J connectivity index is 2.13. The molecule has 0 aliphatic carbocycles. The van der Waals surface area contributed by atoms with E-state index in [-0.39, 0.29) is 6.61 Å². The number of aliphatic hydroxyl groups excluding tert-OH is 1. The fraction of sp³-hybridized carbons (Fsp3) is 0.714. The lowest BCUT2D eigenvalue weighted by molar-refractivity contribution is 0.172. The molecule has 1 aliphatic rings. The fourth-order valence-corrected chi connectivity index (χ4v) is 5.78. The molecule has 7 heteroatoms. The van der Waals surface area contributed by atoms with Gasteiger partial charge in [-0.2, -0.15) is 4.31 Å². The lowest BCUT2D eigenvalue weighted by Crippen LogP contribution is -2.49. The maximum Gasteiger partial charge on any atom is 0.244 e. The molecule has 0 aromatic carbocycles. The summed E-state index contributed by atoms with van der Waals surface area (Å²) in [7, 11) is -3.49. The van der Waals surface area contributed by atoms with Crippen molar-refractivity contribution in [1.29, 1.82) is 0 Å². The number of piperazine rings is 1. The molecule has 1 aromatic rings. The minimum Gasteiger partial charge on any atom is -0.391 e. The number of hydrogen-bond acceptors (Lipinski definition) is 5. The molecule has 2 heterocycles. The van der Waals surface area contributed by atoms with Crippen LogP contribution >= 0.6 is 11.3 Å². The van der Waals surface area contributed by atoms with Crippen LogP contribution in [0.1, 0.15) is 24.3 Å². The van der Waals surface area contributed by atoms with Gasteiger partial charge in [0.1, 0.15) is 4.90 Å². The van der Waals surface area contributed by atoms with Crippen molar-refractivity contribution >= 4 is 21.4 Å². The third-order valence-corrected chi connectivity index (χ3v) is 7.03. The summed E-state index contributed by atoms with van der Waals surface area (Å²) in [5.74, 6) is 0.591. The molecule has 0 unspecified atom stereocenters. The molecular formula is C14H24N2O3S2. The van der Waals surface area contributed by atoms with Gasteiger partial charge in [0.25, 0.3) is 0 Å². The number of rotatable bonds is 5. The van der Waals surface area contributed by atoms with Crippen molar-refractivity contribution in [2.75, 3.05) is 32.7 Å². The number of aliphatic hydroxyl groups is 1. The molecule has 0 atom stereocenters. The van der Waals surface area contributed by atoms with E-state index in [1.54, 1.807) is 16.6 Å². The second kappa shape index (κ2) is 6.75. The van der Waals surface area contributed by atoms with Crippen molar-refractivity contribution in [2.45, 2.75) is 32.3 Å². The molecule has 0 spiro atoms. The molecule has 0 bridgehead atoms. The number of nitrogens with zero attached hydrogens (tertiary/aromatic N) is 2. The zero-order valence-electron chi connectivity index (χ0n) is 12.9. The van der Waals surface area contributed by atoms with Crippen LogP contribution in [-0.2, 0) is 16.6 Å². The highest BCUT2D eigenvalue weighted by molar-refractivity contribution is 7.89. The van der Waals surface area contributed by atoms with Crippen LogP contribution in [0.2, 0.25) is 0 Å². The van der Waals surface area contributed by atoms with Crippen LogP contribution in [0.5, 0.6) is 0 Å². The number of aryl methyl sites for hydroxylation is 1. The van der Waals surface area contributed by atoms with Crippen molar-refractivity contribution in [3.8, 4) is 0 Å². The van der Waals surface area contributed by atoms with Crippen molar-refractivity contribution in [3.05, 3.63) is 15.8 Å². The van der Waals surface area contributed by atoms with E-state index in [4.69, 9.17) is 0 Å². The highest BCUT2D eigenvalue weighted by Crippen LogP contribution is 2.30. The number of hydrogen-bond donors (Lipinski definition) is 1. The third-order valence-electron chi connectivity index (χ3n) is 3.69. The molecule has 2 rings (SSSR count). The Bertz CT molecular complexity index is 573. The topological polar surface area (TPSA) is 60.9 Å². The van der Waals surface area contributed by atoms with E-state index >= 15 is 0 Å². The first kappa shape index (κ1) is 16.9. The van der Waals surface area contributed by atoms with E-state index < -0.39 is 10.0 Å². The van der Waals surface area contributed by atoms with Crippen LogP contribution < -0.4 is 0 Å². The van der Waals surface area contributed by atoms with Gasteiger partial charge in [-0.05, 0) is 23.8 Å². The Morgan fingerprint density at radius 2 is 1.90 bits per heavy atom.